The summed E-state index contributed by atoms with van der Waals surface area (Å²) in [4.78, 5) is 2.23. The Bertz CT molecular complexity index is 1120. The number of rotatable bonds is 6. The molecular formula is C27H20F3PSe. The third kappa shape index (κ3) is 5.58. The molecule has 0 saturated carbocycles. The fourth-order valence-electron chi connectivity index (χ4n) is 3.28. The minimum absolute atomic E-state index is 0.0451. The molecule has 4 aromatic rings. The van der Waals surface area contributed by atoms with E-state index in [0.717, 1.165) is 10.9 Å². The van der Waals surface area contributed by atoms with Crippen LogP contribution in [0.4, 0.5) is 13.2 Å². The van der Waals surface area contributed by atoms with E-state index in [9.17, 15) is 13.2 Å². The average Bonchev–Trinajstić information content (AvgIpc) is 2.83. The van der Waals surface area contributed by atoms with Gasteiger partial charge in [0.1, 0.15) is 0 Å². The Labute approximate surface area is 193 Å². The number of benzene rings is 4. The fraction of sp³-hybridized carbons (Fsp3) is 0.0370. The van der Waals surface area contributed by atoms with Crippen molar-refractivity contribution in [1.29, 1.82) is 0 Å². The second-order valence-corrected chi connectivity index (χ2v) is 11.2. The van der Waals surface area contributed by atoms with E-state index < -0.39 is 19.7 Å². The molecule has 5 heteroatoms. The minimum atomic E-state index is -4.35. The summed E-state index contributed by atoms with van der Waals surface area (Å²) in [5, 5.41) is 3.42. The third-order valence-corrected chi connectivity index (χ3v) is 9.60. The van der Waals surface area contributed by atoms with Gasteiger partial charge < -0.3 is 0 Å². The molecule has 160 valence electrons. The van der Waals surface area contributed by atoms with Gasteiger partial charge in [0.15, 0.2) is 0 Å². The van der Waals surface area contributed by atoms with Gasteiger partial charge in [0.25, 0.3) is 0 Å². The van der Waals surface area contributed by atoms with Crippen LogP contribution in [0.15, 0.2) is 120 Å². The summed E-state index contributed by atoms with van der Waals surface area (Å²) >= 11 is 0.0451. The molecule has 32 heavy (non-hydrogen) atoms. The third-order valence-electron chi connectivity index (χ3n) is 4.83. The molecule has 0 aromatic heterocycles. The molecule has 0 aliphatic carbocycles. The molecule has 0 bridgehead atoms. The maximum absolute atomic E-state index is 13.2. The Morgan fingerprint density at radius 1 is 0.625 bits per heavy atom. The Morgan fingerprint density at radius 3 is 1.56 bits per heavy atom. The summed E-state index contributed by atoms with van der Waals surface area (Å²) < 4.78 is 40.7. The molecule has 0 radical (unpaired) electrons. The van der Waals surface area contributed by atoms with Gasteiger partial charge in [0, 0.05) is 0 Å². The molecule has 0 spiro atoms. The summed E-state index contributed by atoms with van der Waals surface area (Å²) in [5.41, 5.74) is 0.201. The van der Waals surface area contributed by atoms with E-state index in [2.05, 4.69) is 41.4 Å². The Morgan fingerprint density at radius 2 is 1.09 bits per heavy atom. The maximum atomic E-state index is 13.2. The molecule has 0 aliphatic rings. The first-order valence-electron chi connectivity index (χ1n) is 10.0. The Kier molecular flexibility index (Phi) is 7.27. The summed E-state index contributed by atoms with van der Waals surface area (Å²) in [6.07, 6.45) is -4.35. The monoisotopic (exact) mass is 512 g/mol. The van der Waals surface area contributed by atoms with Gasteiger partial charge in [-0.25, -0.2) is 0 Å². The van der Waals surface area contributed by atoms with Crippen molar-refractivity contribution in [3.8, 4) is 0 Å². The first-order chi connectivity index (χ1) is 15.5. The molecular weight excluding hydrogens is 491 g/mol. The first kappa shape index (κ1) is 22.5. The normalized spacial score (nSPS) is 12.2. The van der Waals surface area contributed by atoms with Crippen LogP contribution in [0.25, 0.3) is 5.31 Å². The number of halogens is 3. The van der Waals surface area contributed by atoms with Gasteiger partial charge in [-0.1, -0.05) is 0 Å². The van der Waals surface area contributed by atoms with E-state index in [1.807, 2.05) is 54.6 Å². The second-order valence-electron chi connectivity index (χ2n) is 7.02. The van der Waals surface area contributed by atoms with Crippen molar-refractivity contribution in [2.75, 3.05) is 0 Å². The van der Waals surface area contributed by atoms with Crippen LogP contribution in [0.1, 0.15) is 11.1 Å². The van der Waals surface area contributed by atoms with Crippen molar-refractivity contribution < 1.29 is 13.2 Å². The predicted molar refractivity (Wildman–Crippen MR) is 130 cm³/mol. The molecule has 0 aliphatic heterocycles. The van der Waals surface area contributed by atoms with Crippen LogP contribution >= 0.6 is 7.92 Å². The van der Waals surface area contributed by atoms with Crippen molar-refractivity contribution in [3.05, 3.63) is 131 Å². The summed E-state index contributed by atoms with van der Waals surface area (Å²) in [5.74, 6) is 0. The van der Waals surface area contributed by atoms with Gasteiger partial charge in [-0.3, -0.25) is 0 Å². The predicted octanol–water partition coefficient (Wildman–Crippen LogP) is 6.17. The molecule has 0 unspecified atom stereocenters. The molecule has 4 rings (SSSR count). The van der Waals surface area contributed by atoms with Crippen LogP contribution in [0, 0.1) is 0 Å². The molecule has 0 saturated heterocycles. The molecule has 0 amide bonds. The summed E-state index contributed by atoms with van der Waals surface area (Å²) in [7, 11) is -0.929. The van der Waals surface area contributed by atoms with Gasteiger partial charge in [-0.05, 0) is 0 Å². The standard InChI is InChI=1S/C27H20F3PSe/c28-27(29,30)22-18-16-21(17-19-22)26(20-32-25-14-8-3-9-15-25)31(23-10-4-1-5-11-23)24-12-6-2-7-13-24/h1-20H. The van der Waals surface area contributed by atoms with Gasteiger partial charge in [0.05, 0.1) is 0 Å². The molecule has 0 N–H and O–H groups in total. The van der Waals surface area contributed by atoms with Gasteiger partial charge in [-0.2, -0.15) is 0 Å². The van der Waals surface area contributed by atoms with Crippen LogP contribution in [0.3, 0.4) is 0 Å². The molecule has 0 atom stereocenters. The fourth-order valence-corrected chi connectivity index (χ4v) is 7.99. The number of hydrogen-bond acceptors (Lipinski definition) is 0. The second kappa shape index (κ2) is 10.3. The van der Waals surface area contributed by atoms with Crippen LogP contribution in [-0.4, -0.2) is 15.0 Å². The van der Waals surface area contributed by atoms with Crippen molar-refractivity contribution in [2.45, 2.75) is 6.18 Å². The van der Waals surface area contributed by atoms with E-state index in [4.69, 9.17) is 0 Å². The molecule has 0 heterocycles. The first-order valence-corrected chi connectivity index (χ1v) is 13.2. The van der Waals surface area contributed by atoms with E-state index in [1.54, 1.807) is 12.1 Å². The van der Waals surface area contributed by atoms with Crippen LogP contribution in [0.5, 0.6) is 0 Å². The zero-order valence-electron chi connectivity index (χ0n) is 17.0. The van der Waals surface area contributed by atoms with E-state index >= 15 is 0 Å². The van der Waals surface area contributed by atoms with E-state index in [-0.39, 0.29) is 15.0 Å². The number of hydrogen-bond donors (Lipinski definition) is 0. The Hall–Kier alpha value is -2.64. The molecule has 4 aromatic carbocycles. The average molecular weight is 511 g/mol. The van der Waals surface area contributed by atoms with Crippen LogP contribution in [0.2, 0.25) is 0 Å². The number of alkyl halides is 3. The molecule has 0 nitrogen and oxygen atoms in total. The Balaban J connectivity index is 1.84. The van der Waals surface area contributed by atoms with Crippen molar-refractivity contribution in [2.24, 2.45) is 0 Å². The van der Waals surface area contributed by atoms with Crippen LogP contribution in [-0.2, 0) is 6.18 Å². The van der Waals surface area contributed by atoms with Gasteiger partial charge >= 0.3 is 194 Å². The zero-order valence-corrected chi connectivity index (χ0v) is 19.6. The zero-order chi connectivity index (χ0) is 22.4. The quantitative estimate of drug-likeness (QED) is 0.215. The summed E-state index contributed by atoms with van der Waals surface area (Å²) in [6, 6.07) is 36.2. The SMILES string of the molecule is FC(F)(F)c1ccc(C(=C[Se]c2ccccc2)P(c2ccccc2)c2ccccc2)cc1. The van der Waals surface area contributed by atoms with Gasteiger partial charge in [0.2, 0.25) is 0 Å². The van der Waals surface area contributed by atoms with Crippen molar-refractivity contribution in [3.63, 3.8) is 0 Å². The molecule has 0 fully saturated rings. The van der Waals surface area contributed by atoms with E-state index in [0.29, 0.717) is 0 Å². The van der Waals surface area contributed by atoms with Crippen molar-refractivity contribution in [1.82, 2.24) is 0 Å². The van der Waals surface area contributed by atoms with Crippen LogP contribution < -0.4 is 15.1 Å². The van der Waals surface area contributed by atoms with Gasteiger partial charge in [-0.15, -0.1) is 0 Å². The van der Waals surface area contributed by atoms with Crippen molar-refractivity contribution >= 4 is 43.3 Å². The topological polar surface area (TPSA) is 0 Å². The van der Waals surface area contributed by atoms with E-state index in [1.165, 1.54) is 27.2 Å². The summed E-state index contributed by atoms with van der Waals surface area (Å²) in [6.45, 7) is 0.